The van der Waals surface area contributed by atoms with Crippen molar-refractivity contribution in [1.29, 1.82) is 0 Å². The smallest absolute Gasteiger partial charge is 0.224 e. The highest BCUT2D eigenvalue weighted by Crippen LogP contribution is 2.12. The number of carbonyl (C=O) groups excluding carboxylic acids is 1. The van der Waals surface area contributed by atoms with Gasteiger partial charge in [-0.05, 0) is 42.7 Å². The lowest BCUT2D eigenvalue weighted by atomic mass is 10.1. The zero-order valence-corrected chi connectivity index (χ0v) is 16.4. The fourth-order valence-electron chi connectivity index (χ4n) is 3.02. The third kappa shape index (κ3) is 4.77. The fourth-order valence-corrected chi connectivity index (χ4v) is 3.15. The van der Waals surface area contributed by atoms with E-state index in [0.717, 1.165) is 11.3 Å². The number of hydrogen-bond acceptors (Lipinski definition) is 4. The molecule has 0 unspecified atom stereocenters. The van der Waals surface area contributed by atoms with Crippen LogP contribution in [0.5, 0.6) is 0 Å². The summed E-state index contributed by atoms with van der Waals surface area (Å²) < 4.78 is 1.81. The Morgan fingerprint density at radius 1 is 1.21 bits per heavy atom. The van der Waals surface area contributed by atoms with Crippen molar-refractivity contribution in [1.82, 2.24) is 14.9 Å². The highest BCUT2D eigenvalue weighted by Gasteiger charge is 2.13. The van der Waals surface area contributed by atoms with Gasteiger partial charge in [0.1, 0.15) is 5.52 Å². The van der Waals surface area contributed by atoms with Crippen molar-refractivity contribution in [3.8, 4) is 0 Å². The molecule has 6 nitrogen and oxygen atoms in total. The van der Waals surface area contributed by atoms with Crippen LogP contribution in [-0.2, 0) is 31.2 Å². The van der Waals surface area contributed by atoms with Crippen LogP contribution in [0.3, 0.4) is 0 Å². The van der Waals surface area contributed by atoms with Crippen molar-refractivity contribution in [2.24, 2.45) is 7.05 Å². The molecule has 1 aromatic carbocycles. The molecule has 0 aliphatic carbocycles. The van der Waals surface area contributed by atoms with Gasteiger partial charge in [0.05, 0.1) is 11.9 Å². The number of aliphatic hydroxyl groups excluding tert-OH is 1. The molecule has 3 rings (SSSR count). The zero-order chi connectivity index (χ0) is 20.1. The average Bonchev–Trinajstić information content (AvgIpc) is 2.69. The second-order valence-electron chi connectivity index (χ2n) is 6.67. The Bertz CT molecular complexity index is 1050. The normalized spacial score (nSPS) is 11.0. The minimum atomic E-state index is -0.236. The van der Waals surface area contributed by atoms with Crippen LogP contribution in [0.15, 0.2) is 47.4 Å². The van der Waals surface area contributed by atoms with E-state index in [0.29, 0.717) is 41.0 Å². The molecule has 0 spiro atoms. The molecule has 0 aliphatic heterocycles. The largest absolute Gasteiger partial charge is 0.396 e. The molecule has 0 radical (unpaired) electrons. The van der Waals surface area contributed by atoms with Gasteiger partial charge in [-0.1, -0.05) is 23.7 Å². The van der Waals surface area contributed by atoms with Crippen LogP contribution in [0.25, 0.3) is 11.0 Å². The number of hydrogen-bond donors (Lipinski definition) is 2. The van der Waals surface area contributed by atoms with Gasteiger partial charge in [0.25, 0.3) is 0 Å². The Hall–Kier alpha value is -2.70. The minimum absolute atomic E-state index is 0.0151. The highest BCUT2D eigenvalue weighted by atomic mass is 35.5. The van der Waals surface area contributed by atoms with E-state index in [9.17, 15) is 9.59 Å². The monoisotopic (exact) mass is 399 g/mol. The molecule has 1 amide bonds. The molecule has 0 saturated carbocycles. The summed E-state index contributed by atoms with van der Waals surface area (Å²) in [5, 5.41) is 12.4. The van der Waals surface area contributed by atoms with Gasteiger partial charge in [0, 0.05) is 42.7 Å². The maximum Gasteiger partial charge on any atom is 0.224 e. The maximum absolute atomic E-state index is 12.8. The van der Waals surface area contributed by atoms with Gasteiger partial charge in [-0.3, -0.25) is 9.59 Å². The van der Waals surface area contributed by atoms with Crippen LogP contribution in [0, 0.1) is 0 Å². The van der Waals surface area contributed by atoms with Crippen LogP contribution in [0.1, 0.15) is 23.2 Å². The lowest BCUT2D eigenvalue weighted by Gasteiger charge is -2.10. The van der Waals surface area contributed by atoms with Gasteiger partial charge in [-0.2, -0.15) is 0 Å². The van der Waals surface area contributed by atoms with Crippen molar-refractivity contribution < 1.29 is 9.90 Å². The van der Waals surface area contributed by atoms with E-state index in [1.165, 1.54) is 0 Å². The number of carbonyl (C=O) groups is 1. The number of nitrogens with zero attached hydrogens (tertiary/aromatic N) is 2. The number of nitrogens with one attached hydrogen (secondary N) is 1. The lowest BCUT2D eigenvalue weighted by Crippen LogP contribution is -2.27. The molecule has 2 N–H and O–H groups in total. The molecule has 0 aliphatic rings. The summed E-state index contributed by atoms with van der Waals surface area (Å²) in [5.74, 6) is -0.233. The summed E-state index contributed by atoms with van der Waals surface area (Å²) >= 11 is 5.86. The Morgan fingerprint density at radius 2 is 1.96 bits per heavy atom. The minimum Gasteiger partial charge on any atom is -0.396 e. The molecule has 0 atom stereocenters. The third-order valence-electron chi connectivity index (χ3n) is 4.51. The van der Waals surface area contributed by atoms with E-state index in [-0.39, 0.29) is 24.4 Å². The summed E-state index contributed by atoms with van der Waals surface area (Å²) in [6.45, 7) is 0.443. The number of rotatable bonds is 7. The molecular formula is C21H22ClN3O3. The molecule has 28 heavy (non-hydrogen) atoms. The summed E-state index contributed by atoms with van der Waals surface area (Å²) in [5.41, 5.74) is 2.90. The van der Waals surface area contributed by atoms with Crippen molar-refractivity contribution in [2.75, 3.05) is 6.61 Å². The number of amides is 1. The van der Waals surface area contributed by atoms with E-state index in [1.807, 2.05) is 31.3 Å². The number of benzene rings is 1. The lowest BCUT2D eigenvalue weighted by molar-refractivity contribution is -0.120. The Kier molecular flexibility index (Phi) is 6.44. The molecule has 2 heterocycles. The topological polar surface area (TPSA) is 84.2 Å². The van der Waals surface area contributed by atoms with Crippen molar-refractivity contribution in [2.45, 2.75) is 25.8 Å². The van der Waals surface area contributed by atoms with Crippen LogP contribution in [0.4, 0.5) is 0 Å². The first kappa shape index (κ1) is 20.0. The highest BCUT2D eigenvalue weighted by molar-refractivity contribution is 6.30. The second kappa shape index (κ2) is 8.99. The Morgan fingerprint density at radius 3 is 2.68 bits per heavy atom. The summed E-state index contributed by atoms with van der Waals surface area (Å²) in [7, 11) is 1.83. The quantitative estimate of drug-likeness (QED) is 0.638. The first-order valence-corrected chi connectivity index (χ1v) is 9.46. The molecule has 7 heteroatoms. The third-order valence-corrected chi connectivity index (χ3v) is 4.76. The summed E-state index contributed by atoms with van der Waals surface area (Å²) in [4.78, 5) is 29.6. The van der Waals surface area contributed by atoms with Gasteiger partial charge in [-0.25, -0.2) is 4.98 Å². The molecule has 146 valence electrons. The van der Waals surface area contributed by atoms with Gasteiger partial charge < -0.3 is 15.0 Å². The number of aliphatic hydroxyl groups is 1. The van der Waals surface area contributed by atoms with Crippen LogP contribution >= 0.6 is 11.6 Å². The second-order valence-corrected chi connectivity index (χ2v) is 7.11. The molecular weight excluding hydrogens is 378 g/mol. The van der Waals surface area contributed by atoms with E-state index in [1.54, 1.807) is 22.9 Å². The Labute approximate surface area is 167 Å². The van der Waals surface area contributed by atoms with Crippen molar-refractivity contribution >= 4 is 28.5 Å². The number of aromatic nitrogens is 2. The molecule has 0 fully saturated rings. The predicted octanol–water partition coefficient (Wildman–Crippen LogP) is 2.37. The summed E-state index contributed by atoms with van der Waals surface area (Å²) in [6.07, 6.45) is 2.85. The number of aryl methyl sites for hydroxylation is 2. The van der Waals surface area contributed by atoms with Crippen LogP contribution < -0.4 is 10.7 Å². The number of pyridine rings is 2. The molecule has 0 saturated heterocycles. The van der Waals surface area contributed by atoms with E-state index >= 15 is 0 Å². The SMILES string of the molecule is Cn1cc(CC(=O)NCc2ccc(Cl)cc2)c(=O)c2nc(CCCO)ccc21. The van der Waals surface area contributed by atoms with Gasteiger partial charge in [0.15, 0.2) is 0 Å². The molecule has 3 aromatic rings. The van der Waals surface area contributed by atoms with Crippen LogP contribution in [0.2, 0.25) is 5.02 Å². The van der Waals surface area contributed by atoms with Gasteiger partial charge >= 0.3 is 0 Å². The standard InChI is InChI=1S/C21H22ClN3O3/c1-25-13-15(11-19(27)23-12-14-4-6-16(22)7-5-14)21(28)20-18(25)9-8-17(24-20)3-2-10-26/h4-9,13,26H,2-3,10-12H2,1H3,(H,23,27). The molecule has 0 bridgehead atoms. The number of halogens is 1. The first-order valence-electron chi connectivity index (χ1n) is 9.08. The van der Waals surface area contributed by atoms with Crippen molar-refractivity contribution in [3.05, 3.63) is 74.7 Å². The van der Waals surface area contributed by atoms with Gasteiger partial charge in [-0.15, -0.1) is 0 Å². The zero-order valence-electron chi connectivity index (χ0n) is 15.6. The average molecular weight is 400 g/mol. The van der Waals surface area contributed by atoms with E-state index < -0.39 is 0 Å². The summed E-state index contributed by atoms with van der Waals surface area (Å²) in [6, 6.07) is 10.9. The fraction of sp³-hybridized carbons (Fsp3) is 0.286. The maximum atomic E-state index is 12.8. The number of fused-ring (bicyclic) bond motifs is 1. The van der Waals surface area contributed by atoms with Gasteiger partial charge in [0.2, 0.25) is 11.3 Å². The van der Waals surface area contributed by atoms with E-state index in [4.69, 9.17) is 16.7 Å². The van der Waals surface area contributed by atoms with Crippen molar-refractivity contribution in [3.63, 3.8) is 0 Å². The Balaban J connectivity index is 1.77. The predicted molar refractivity (Wildman–Crippen MR) is 109 cm³/mol. The van der Waals surface area contributed by atoms with E-state index in [2.05, 4.69) is 10.3 Å². The molecule has 2 aromatic heterocycles. The van der Waals surface area contributed by atoms with Crippen LogP contribution in [-0.4, -0.2) is 27.2 Å². The first-order chi connectivity index (χ1) is 13.5.